The van der Waals surface area contributed by atoms with Gasteiger partial charge in [-0.05, 0) is 12.1 Å². The van der Waals surface area contributed by atoms with Crippen LogP contribution in [-0.2, 0) is 17.5 Å². The van der Waals surface area contributed by atoms with Crippen molar-refractivity contribution in [3.05, 3.63) is 41.2 Å². The normalized spacial score (nSPS) is 14.6. The van der Waals surface area contributed by atoms with Gasteiger partial charge in [0.05, 0.1) is 38.0 Å². The molecule has 0 spiro atoms. The van der Waals surface area contributed by atoms with Crippen molar-refractivity contribution in [3.63, 3.8) is 0 Å². The van der Waals surface area contributed by atoms with Gasteiger partial charge in [0.1, 0.15) is 0 Å². The van der Waals surface area contributed by atoms with E-state index in [0.717, 1.165) is 12.1 Å². The fourth-order valence-corrected chi connectivity index (χ4v) is 2.64. The van der Waals surface area contributed by atoms with Crippen LogP contribution in [0.4, 0.5) is 19.1 Å². The number of rotatable bonds is 5. The minimum atomic E-state index is -4.63. The predicted molar refractivity (Wildman–Crippen MR) is 92.0 cm³/mol. The summed E-state index contributed by atoms with van der Waals surface area (Å²) >= 11 is 0. The van der Waals surface area contributed by atoms with Crippen molar-refractivity contribution in [2.45, 2.75) is 12.7 Å². The van der Waals surface area contributed by atoms with Crippen LogP contribution >= 0.6 is 0 Å². The lowest BCUT2D eigenvalue weighted by Crippen LogP contribution is -2.37. The summed E-state index contributed by atoms with van der Waals surface area (Å²) in [5.74, 6) is -0.346. The maximum absolute atomic E-state index is 13.1. The molecule has 1 aliphatic heterocycles. The number of methoxy groups -OCH3 is 1. The molecule has 11 heteroatoms. The number of ether oxygens (including phenoxy) is 2. The lowest BCUT2D eigenvalue weighted by molar-refractivity contribution is -0.137. The van der Waals surface area contributed by atoms with Crippen LogP contribution in [0.5, 0.6) is 6.01 Å². The first-order valence-corrected chi connectivity index (χ1v) is 8.44. The van der Waals surface area contributed by atoms with Crippen LogP contribution in [0.25, 0.3) is 0 Å². The average molecular weight is 397 g/mol. The first-order chi connectivity index (χ1) is 13.4. The molecule has 0 aliphatic carbocycles. The highest BCUT2D eigenvalue weighted by Crippen LogP contribution is 2.31. The Balaban J connectivity index is 1.76. The van der Waals surface area contributed by atoms with Crippen molar-refractivity contribution in [2.24, 2.45) is 0 Å². The molecule has 2 heterocycles. The summed E-state index contributed by atoms with van der Waals surface area (Å²) in [5, 5.41) is 2.42. The summed E-state index contributed by atoms with van der Waals surface area (Å²) in [6, 6.07) is 4.62. The summed E-state index contributed by atoms with van der Waals surface area (Å²) in [6.45, 7) is 2.03. The number of benzene rings is 1. The maximum atomic E-state index is 13.1. The number of nitrogens with zero attached hydrogens (tertiary/aromatic N) is 4. The summed E-state index contributed by atoms with van der Waals surface area (Å²) in [4.78, 5) is 26.6. The number of aromatic nitrogens is 3. The number of amides is 1. The number of carbonyl (C=O) groups is 1. The Kier molecular flexibility index (Phi) is 5.93. The molecule has 1 fully saturated rings. The van der Waals surface area contributed by atoms with Crippen LogP contribution in [0, 0.1) is 0 Å². The highest BCUT2D eigenvalue weighted by atomic mass is 19.4. The highest BCUT2D eigenvalue weighted by molar-refractivity contribution is 5.95. The molecular formula is C17H18F3N5O3. The maximum Gasteiger partial charge on any atom is 0.417 e. The Morgan fingerprint density at radius 1 is 1.21 bits per heavy atom. The van der Waals surface area contributed by atoms with Crippen molar-refractivity contribution < 1.29 is 27.4 Å². The molecule has 2 aromatic rings. The van der Waals surface area contributed by atoms with Crippen LogP contribution in [-0.4, -0.2) is 54.3 Å². The zero-order valence-corrected chi connectivity index (χ0v) is 15.0. The van der Waals surface area contributed by atoms with Gasteiger partial charge in [0, 0.05) is 13.1 Å². The van der Waals surface area contributed by atoms with Crippen LogP contribution < -0.4 is 15.0 Å². The van der Waals surface area contributed by atoms with Gasteiger partial charge in [-0.25, -0.2) is 0 Å². The van der Waals surface area contributed by atoms with E-state index >= 15 is 0 Å². The number of hydrogen-bond acceptors (Lipinski definition) is 7. The monoisotopic (exact) mass is 397 g/mol. The molecule has 0 saturated carbocycles. The number of morpholine rings is 1. The molecule has 1 aromatic carbocycles. The molecule has 1 N–H and O–H groups in total. The van der Waals surface area contributed by atoms with E-state index in [0.29, 0.717) is 32.3 Å². The van der Waals surface area contributed by atoms with Gasteiger partial charge in [0.15, 0.2) is 5.82 Å². The van der Waals surface area contributed by atoms with Gasteiger partial charge in [-0.15, -0.1) is 0 Å². The van der Waals surface area contributed by atoms with Crippen LogP contribution in [0.3, 0.4) is 0 Å². The van der Waals surface area contributed by atoms with Crippen molar-refractivity contribution in [2.75, 3.05) is 38.3 Å². The lowest BCUT2D eigenvalue weighted by Gasteiger charge is -2.26. The Labute approximate surface area is 158 Å². The van der Waals surface area contributed by atoms with E-state index < -0.39 is 23.2 Å². The summed E-state index contributed by atoms with van der Waals surface area (Å²) < 4.78 is 49.6. The number of nitrogens with one attached hydrogen (secondary N) is 1. The number of anilines is 1. The summed E-state index contributed by atoms with van der Waals surface area (Å²) in [5.41, 5.74) is -1.47. The van der Waals surface area contributed by atoms with E-state index in [1.54, 1.807) is 0 Å². The first kappa shape index (κ1) is 19.8. The second-order valence-electron chi connectivity index (χ2n) is 5.86. The summed E-state index contributed by atoms with van der Waals surface area (Å²) in [7, 11) is 1.39. The molecule has 150 valence electrons. The van der Waals surface area contributed by atoms with Crippen molar-refractivity contribution in [1.82, 2.24) is 20.3 Å². The molecule has 0 bridgehead atoms. The largest absolute Gasteiger partial charge is 0.467 e. The molecule has 1 saturated heterocycles. The Morgan fingerprint density at radius 3 is 2.61 bits per heavy atom. The zero-order chi connectivity index (χ0) is 20.1. The number of carbonyl (C=O) groups excluding carboxylic acids is 1. The van der Waals surface area contributed by atoms with Crippen LogP contribution in [0.15, 0.2) is 24.3 Å². The van der Waals surface area contributed by atoms with Gasteiger partial charge < -0.3 is 19.7 Å². The SMILES string of the molecule is COc1nc(CNC(=O)c2ccccc2C(F)(F)F)nc(N2CCOCC2)n1. The molecule has 1 aliphatic rings. The second-order valence-corrected chi connectivity index (χ2v) is 5.86. The number of halogens is 3. The van der Waals surface area contributed by atoms with E-state index in [2.05, 4.69) is 20.3 Å². The molecule has 0 atom stereocenters. The van der Waals surface area contributed by atoms with Crippen molar-refractivity contribution in [1.29, 1.82) is 0 Å². The van der Waals surface area contributed by atoms with Gasteiger partial charge in [-0.3, -0.25) is 4.79 Å². The molecule has 0 unspecified atom stereocenters. The van der Waals surface area contributed by atoms with E-state index in [9.17, 15) is 18.0 Å². The average Bonchev–Trinajstić information content (AvgIpc) is 2.71. The fraction of sp³-hybridized carbons (Fsp3) is 0.412. The third-order valence-corrected chi connectivity index (χ3v) is 4.01. The minimum absolute atomic E-state index is 0.0523. The molecule has 1 aromatic heterocycles. The van der Waals surface area contributed by atoms with Gasteiger partial charge in [0.2, 0.25) is 5.95 Å². The molecule has 28 heavy (non-hydrogen) atoms. The fourth-order valence-electron chi connectivity index (χ4n) is 2.64. The Morgan fingerprint density at radius 2 is 1.93 bits per heavy atom. The Hall–Kier alpha value is -2.95. The van der Waals surface area contributed by atoms with Crippen molar-refractivity contribution in [3.8, 4) is 6.01 Å². The zero-order valence-electron chi connectivity index (χ0n) is 15.0. The second kappa shape index (κ2) is 8.38. The van der Waals surface area contributed by atoms with E-state index in [4.69, 9.17) is 9.47 Å². The van der Waals surface area contributed by atoms with Gasteiger partial charge >= 0.3 is 12.2 Å². The third kappa shape index (κ3) is 4.66. The smallest absolute Gasteiger partial charge is 0.417 e. The lowest BCUT2D eigenvalue weighted by atomic mass is 10.1. The minimum Gasteiger partial charge on any atom is -0.467 e. The highest BCUT2D eigenvalue weighted by Gasteiger charge is 2.34. The molecular weight excluding hydrogens is 379 g/mol. The van der Waals surface area contributed by atoms with Crippen molar-refractivity contribution >= 4 is 11.9 Å². The summed E-state index contributed by atoms with van der Waals surface area (Å²) in [6.07, 6.45) is -4.63. The van der Waals surface area contributed by atoms with Gasteiger partial charge in [-0.1, -0.05) is 12.1 Å². The molecule has 3 rings (SSSR count). The number of alkyl halides is 3. The van der Waals surface area contributed by atoms with Crippen LogP contribution in [0.2, 0.25) is 0 Å². The Bertz CT molecular complexity index is 841. The van der Waals surface area contributed by atoms with E-state index in [1.807, 2.05) is 4.90 Å². The molecule has 0 radical (unpaired) electrons. The quantitative estimate of drug-likeness (QED) is 0.821. The predicted octanol–water partition coefficient (Wildman–Crippen LogP) is 1.67. The van der Waals surface area contributed by atoms with Gasteiger partial charge in [-0.2, -0.15) is 28.1 Å². The first-order valence-electron chi connectivity index (χ1n) is 8.44. The van der Waals surface area contributed by atoms with E-state index in [1.165, 1.54) is 19.2 Å². The number of hydrogen-bond donors (Lipinski definition) is 1. The standard InChI is InChI=1S/C17H18F3N5O3/c1-27-16-23-13(22-15(24-16)25-6-8-28-9-7-25)10-21-14(26)11-4-2-3-5-12(11)17(18,19)20/h2-5H,6-10H2,1H3,(H,21,26). The van der Waals surface area contributed by atoms with E-state index in [-0.39, 0.29) is 18.4 Å². The topological polar surface area (TPSA) is 89.5 Å². The molecule has 8 nitrogen and oxygen atoms in total. The van der Waals surface area contributed by atoms with Gasteiger partial charge in [0.25, 0.3) is 5.91 Å². The van der Waals surface area contributed by atoms with Crippen LogP contribution in [0.1, 0.15) is 21.7 Å². The molecule has 1 amide bonds. The third-order valence-electron chi connectivity index (χ3n) is 4.01.